The largest absolute Gasteiger partial charge is 0.379 e. The molecule has 1 fully saturated rings. The second kappa shape index (κ2) is 6.92. The fourth-order valence-electron chi connectivity index (χ4n) is 3.89. The SMILES string of the molecule is Cn1c(-c2nonc2N)nc2c(-c3ccccc3)ncc(C(=O)N3CCC(N)C3)c21. The number of hydrogen-bond acceptors (Lipinski definition) is 8. The molecule has 30 heavy (non-hydrogen) atoms. The minimum Gasteiger partial charge on any atom is -0.379 e. The molecule has 3 aromatic heterocycles. The summed E-state index contributed by atoms with van der Waals surface area (Å²) in [5, 5.41) is 7.53. The van der Waals surface area contributed by atoms with Crippen molar-refractivity contribution in [3.05, 3.63) is 42.1 Å². The summed E-state index contributed by atoms with van der Waals surface area (Å²) in [5.74, 6) is 0.447. The predicted octanol–water partition coefficient (Wildman–Crippen LogP) is 1.44. The van der Waals surface area contributed by atoms with Crippen molar-refractivity contribution in [2.45, 2.75) is 12.5 Å². The minimum atomic E-state index is -0.124. The summed E-state index contributed by atoms with van der Waals surface area (Å²) < 4.78 is 6.53. The first-order valence-electron chi connectivity index (χ1n) is 9.58. The Bertz CT molecular complexity index is 1250. The third-order valence-electron chi connectivity index (χ3n) is 5.41. The highest BCUT2D eigenvalue weighted by molar-refractivity contribution is 6.08. The molecule has 4 heterocycles. The van der Waals surface area contributed by atoms with E-state index in [4.69, 9.17) is 21.1 Å². The molecule has 0 aliphatic carbocycles. The van der Waals surface area contributed by atoms with Crippen LogP contribution in [0, 0.1) is 0 Å². The van der Waals surface area contributed by atoms with Crippen molar-refractivity contribution in [1.82, 2.24) is 29.7 Å². The lowest BCUT2D eigenvalue weighted by Gasteiger charge is -2.17. The van der Waals surface area contributed by atoms with Gasteiger partial charge in [-0.05, 0) is 16.7 Å². The number of carbonyl (C=O) groups is 1. The van der Waals surface area contributed by atoms with Gasteiger partial charge in [0.05, 0.1) is 16.8 Å². The van der Waals surface area contributed by atoms with E-state index in [1.807, 2.05) is 30.3 Å². The Morgan fingerprint density at radius 1 is 1.20 bits per heavy atom. The van der Waals surface area contributed by atoms with Gasteiger partial charge in [-0.3, -0.25) is 9.78 Å². The molecule has 4 aromatic rings. The van der Waals surface area contributed by atoms with Crippen molar-refractivity contribution in [3.8, 4) is 22.8 Å². The number of rotatable bonds is 3. The molecular formula is C20H20N8O2. The maximum absolute atomic E-state index is 13.3. The molecule has 10 nitrogen and oxygen atoms in total. The standard InChI is InChI=1S/C20H20N8O2/c1-27-17-13(20(29)28-8-7-12(21)10-28)9-23-14(11-5-3-2-4-6-11)15(17)24-19(27)16-18(22)26-30-25-16/h2-6,9,12H,7-8,10,21H2,1H3,(H2,22,26). The number of carbonyl (C=O) groups excluding carboxylic acids is 1. The van der Waals surface area contributed by atoms with Gasteiger partial charge in [0, 0.05) is 37.9 Å². The van der Waals surface area contributed by atoms with E-state index < -0.39 is 0 Å². The molecule has 5 rings (SSSR count). The fourth-order valence-corrected chi connectivity index (χ4v) is 3.89. The number of imidazole rings is 1. The first kappa shape index (κ1) is 18.3. The van der Waals surface area contributed by atoms with E-state index in [0.29, 0.717) is 46.9 Å². The number of hydrogen-bond donors (Lipinski definition) is 2. The van der Waals surface area contributed by atoms with Gasteiger partial charge in [0.1, 0.15) is 5.52 Å². The van der Waals surface area contributed by atoms with Crippen LogP contribution >= 0.6 is 0 Å². The van der Waals surface area contributed by atoms with Gasteiger partial charge in [-0.1, -0.05) is 30.3 Å². The number of aryl methyl sites for hydroxylation is 1. The van der Waals surface area contributed by atoms with Gasteiger partial charge in [0.25, 0.3) is 5.91 Å². The Labute approximate surface area is 171 Å². The Kier molecular flexibility index (Phi) is 4.21. The van der Waals surface area contributed by atoms with E-state index in [9.17, 15) is 4.79 Å². The van der Waals surface area contributed by atoms with Crippen LogP contribution in [0.25, 0.3) is 33.8 Å². The molecule has 4 N–H and O–H groups in total. The Balaban J connectivity index is 1.75. The van der Waals surface area contributed by atoms with E-state index in [0.717, 1.165) is 12.0 Å². The predicted molar refractivity (Wildman–Crippen MR) is 110 cm³/mol. The maximum Gasteiger partial charge on any atom is 0.257 e. The summed E-state index contributed by atoms with van der Waals surface area (Å²) in [5.41, 5.74) is 15.4. The molecule has 1 atom stereocenters. The number of aromatic nitrogens is 5. The quantitative estimate of drug-likeness (QED) is 0.522. The summed E-state index contributed by atoms with van der Waals surface area (Å²) in [6.45, 7) is 1.14. The number of amides is 1. The number of pyridine rings is 1. The lowest BCUT2D eigenvalue weighted by Crippen LogP contribution is -2.32. The topological polar surface area (TPSA) is 142 Å². The van der Waals surface area contributed by atoms with Crippen molar-refractivity contribution in [2.75, 3.05) is 18.8 Å². The van der Waals surface area contributed by atoms with Gasteiger partial charge in [-0.25, -0.2) is 9.61 Å². The van der Waals surface area contributed by atoms with E-state index in [1.165, 1.54) is 0 Å². The average molecular weight is 404 g/mol. The highest BCUT2D eigenvalue weighted by atomic mass is 16.6. The molecule has 0 spiro atoms. The molecule has 0 saturated carbocycles. The van der Waals surface area contributed by atoms with Gasteiger partial charge in [0.15, 0.2) is 17.3 Å². The number of likely N-dealkylation sites (tertiary alicyclic amines) is 1. The molecule has 152 valence electrons. The van der Waals surface area contributed by atoms with Crippen molar-refractivity contribution in [2.24, 2.45) is 12.8 Å². The number of nitrogen functional groups attached to an aromatic ring is 1. The number of anilines is 1. The van der Waals surface area contributed by atoms with E-state index in [2.05, 4.69) is 15.3 Å². The Morgan fingerprint density at radius 3 is 2.67 bits per heavy atom. The van der Waals surface area contributed by atoms with Gasteiger partial charge < -0.3 is 20.9 Å². The summed E-state index contributed by atoms with van der Waals surface area (Å²) in [4.78, 5) is 24.4. The zero-order valence-corrected chi connectivity index (χ0v) is 16.3. The van der Waals surface area contributed by atoms with Crippen molar-refractivity contribution in [3.63, 3.8) is 0 Å². The van der Waals surface area contributed by atoms with E-state index in [1.54, 1.807) is 22.7 Å². The lowest BCUT2D eigenvalue weighted by atomic mass is 10.1. The number of nitrogens with zero attached hydrogens (tertiary/aromatic N) is 6. The first-order valence-corrected chi connectivity index (χ1v) is 9.58. The molecule has 1 unspecified atom stereocenters. The fraction of sp³-hybridized carbons (Fsp3) is 0.250. The number of nitrogens with two attached hydrogens (primary N) is 2. The van der Waals surface area contributed by atoms with Gasteiger partial charge in [-0.15, -0.1) is 0 Å². The van der Waals surface area contributed by atoms with Crippen molar-refractivity contribution >= 4 is 22.8 Å². The second-order valence-electron chi connectivity index (χ2n) is 7.38. The Hall–Kier alpha value is -3.79. The smallest absolute Gasteiger partial charge is 0.257 e. The minimum absolute atomic E-state index is 0.0101. The van der Waals surface area contributed by atoms with Crippen LogP contribution in [0.5, 0.6) is 0 Å². The van der Waals surface area contributed by atoms with Crippen LogP contribution in [-0.2, 0) is 7.05 Å². The van der Waals surface area contributed by atoms with Crippen LogP contribution in [0.15, 0.2) is 41.2 Å². The van der Waals surface area contributed by atoms with E-state index >= 15 is 0 Å². The van der Waals surface area contributed by atoms with Crippen LogP contribution in [0.2, 0.25) is 0 Å². The monoisotopic (exact) mass is 404 g/mol. The van der Waals surface area contributed by atoms with Crippen molar-refractivity contribution < 1.29 is 9.42 Å². The van der Waals surface area contributed by atoms with Crippen LogP contribution in [-0.4, -0.2) is 54.8 Å². The summed E-state index contributed by atoms with van der Waals surface area (Å²) in [6, 6.07) is 9.67. The lowest BCUT2D eigenvalue weighted by molar-refractivity contribution is 0.0792. The zero-order chi connectivity index (χ0) is 20.8. The van der Waals surface area contributed by atoms with Crippen LogP contribution in [0.4, 0.5) is 5.82 Å². The highest BCUT2D eigenvalue weighted by Gasteiger charge is 2.29. The normalized spacial score (nSPS) is 16.5. The molecule has 10 heteroatoms. The van der Waals surface area contributed by atoms with Crippen molar-refractivity contribution in [1.29, 1.82) is 0 Å². The van der Waals surface area contributed by atoms with Gasteiger partial charge in [0.2, 0.25) is 0 Å². The number of benzene rings is 1. The molecule has 1 saturated heterocycles. The summed E-state index contributed by atoms with van der Waals surface area (Å²) in [7, 11) is 1.81. The second-order valence-corrected chi connectivity index (χ2v) is 7.38. The molecule has 1 aromatic carbocycles. The number of fused-ring (bicyclic) bond motifs is 1. The first-order chi connectivity index (χ1) is 14.5. The molecule has 0 radical (unpaired) electrons. The zero-order valence-electron chi connectivity index (χ0n) is 16.3. The maximum atomic E-state index is 13.3. The summed E-state index contributed by atoms with van der Waals surface area (Å²) in [6.07, 6.45) is 2.38. The summed E-state index contributed by atoms with van der Waals surface area (Å²) >= 11 is 0. The average Bonchev–Trinajstić information content (AvgIpc) is 3.47. The third-order valence-corrected chi connectivity index (χ3v) is 5.41. The van der Waals surface area contributed by atoms with Gasteiger partial charge >= 0.3 is 0 Å². The van der Waals surface area contributed by atoms with Crippen LogP contribution in [0.1, 0.15) is 16.8 Å². The molecule has 1 aliphatic heterocycles. The molecule has 0 bridgehead atoms. The van der Waals surface area contributed by atoms with Gasteiger partial charge in [-0.2, -0.15) is 0 Å². The molecule has 1 aliphatic rings. The van der Waals surface area contributed by atoms with Crippen LogP contribution in [0.3, 0.4) is 0 Å². The van der Waals surface area contributed by atoms with Crippen LogP contribution < -0.4 is 11.5 Å². The Morgan fingerprint density at radius 2 is 2.00 bits per heavy atom. The van der Waals surface area contributed by atoms with E-state index in [-0.39, 0.29) is 17.8 Å². The molecular weight excluding hydrogens is 384 g/mol. The highest BCUT2D eigenvalue weighted by Crippen LogP contribution is 2.33. The molecule has 1 amide bonds. The third kappa shape index (κ3) is 2.80.